The zero-order valence-corrected chi connectivity index (χ0v) is 8.88. The molecule has 0 fully saturated rings. The van der Waals surface area contributed by atoms with Gasteiger partial charge in [0.2, 0.25) is 0 Å². The summed E-state index contributed by atoms with van der Waals surface area (Å²) in [5.74, 6) is -1.16. The summed E-state index contributed by atoms with van der Waals surface area (Å²) in [6.45, 7) is 1.45. The number of anilines is 1. The topological polar surface area (TPSA) is 49.3 Å². The molecule has 1 rings (SSSR count). The highest BCUT2D eigenvalue weighted by atomic mass is 19.4. The van der Waals surface area contributed by atoms with Crippen LogP contribution in [0.4, 0.5) is 18.9 Å². The van der Waals surface area contributed by atoms with Crippen LogP contribution in [0.25, 0.3) is 0 Å². The second-order valence-electron chi connectivity index (χ2n) is 3.37. The molecule has 17 heavy (non-hydrogen) atoms. The summed E-state index contributed by atoms with van der Waals surface area (Å²) in [7, 11) is 0. The van der Waals surface area contributed by atoms with E-state index in [0.29, 0.717) is 0 Å². The van der Waals surface area contributed by atoms with Gasteiger partial charge in [-0.15, -0.1) is 0 Å². The quantitative estimate of drug-likeness (QED) is 0.804. The highest BCUT2D eigenvalue weighted by molar-refractivity contribution is 5.81. The van der Waals surface area contributed by atoms with E-state index in [0.717, 1.165) is 18.2 Å². The number of alkyl halides is 3. The Balaban J connectivity index is 2.90. The molecule has 0 spiro atoms. The number of hydrogen-bond acceptors (Lipinski definition) is 2. The van der Waals surface area contributed by atoms with Crippen molar-refractivity contribution in [3.8, 4) is 0 Å². The lowest BCUT2D eigenvalue weighted by Gasteiger charge is -2.10. The molecule has 0 unspecified atom stereocenters. The van der Waals surface area contributed by atoms with Gasteiger partial charge < -0.3 is 10.4 Å². The van der Waals surface area contributed by atoms with E-state index in [4.69, 9.17) is 5.11 Å². The number of hydrogen-bond donors (Lipinski definition) is 2. The molecule has 92 valence electrons. The standard InChI is InChI=1S/C11H10F3NO2/c1-7(5-10(16)17)15-9-4-2-3-8(6-9)11(12,13)14/h2-6,15H,1H3,(H,16,17)/b7-5+. The van der Waals surface area contributed by atoms with Crippen LogP contribution < -0.4 is 5.32 Å². The molecule has 1 aromatic carbocycles. The Labute approximate surface area is 95.6 Å². The molecule has 0 saturated carbocycles. The lowest BCUT2D eigenvalue weighted by molar-refractivity contribution is -0.137. The minimum absolute atomic E-state index is 0.190. The van der Waals surface area contributed by atoms with Crippen LogP contribution in [0.5, 0.6) is 0 Å². The summed E-state index contributed by atoms with van der Waals surface area (Å²) in [6, 6.07) is 4.54. The Kier molecular flexibility index (Phi) is 3.77. The molecule has 0 radical (unpaired) electrons. The van der Waals surface area contributed by atoms with E-state index in [1.807, 2.05) is 0 Å². The molecule has 0 saturated heterocycles. The molecule has 0 heterocycles. The largest absolute Gasteiger partial charge is 0.478 e. The maximum atomic E-state index is 12.4. The SMILES string of the molecule is C/C(=C\C(=O)O)Nc1cccc(C(F)(F)F)c1. The van der Waals surface area contributed by atoms with Gasteiger partial charge in [0, 0.05) is 17.5 Å². The summed E-state index contributed by atoms with van der Waals surface area (Å²) in [5, 5.41) is 11.0. The zero-order chi connectivity index (χ0) is 13.1. The number of benzene rings is 1. The van der Waals surface area contributed by atoms with E-state index in [-0.39, 0.29) is 11.4 Å². The van der Waals surface area contributed by atoms with Crippen molar-refractivity contribution >= 4 is 11.7 Å². The third-order valence-electron chi connectivity index (χ3n) is 1.87. The smallest absolute Gasteiger partial charge is 0.416 e. The first-order valence-electron chi connectivity index (χ1n) is 4.64. The van der Waals surface area contributed by atoms with Crippen molar-refractivity contribution in [2.24, 2.45) is 0 Å². The zero-order valence-electron chi connectivity index (χ0n) is 8.88. The first-order chi connectivity index (χ1) is 7.79. The average molecular weight is 245 g/mol. The average Bonchev–Trinajstić information content (AvgIpc) is 2.15. The van der Waals surface area contributed by atoms with Gasteiger partial charge in [-0.25, -0.2) is 4.79 Å². The third kappa shape index (κ3) is 4.18. The minimum Gasteiger partial charge on any atom is -0.478 e. The fourth-order valence-corrected chi connectivity index (χ4v) is 1.22. The number of allylic oxidation sites excluding steroid dienone is 1. The number of rotatable bonds is 3. The van der Waals surface area contributed by atoms with Crippen LogP contribution in [0, 0.1) is 0 Å². The lowest BCUT2D eigenvalue weighted by atomic mass is 10.2. The molecule has 2 N–H and O–H groups in total. The van der Waals surface area contributed by atoms with Crippen LogP contribution in [0.15, 0.2) is 36.0 Å². The van der Waals surface area contributed by atoms with Gasteiger partial charge in [0.25, 0.3) is 0 Å². The third-order valence-corrected chi connectivity index (χ3v) is 1.87. The summed E-state index contributed by atoms with van der Waals surface area (Å²) >= 11 is 0. The molecule has 0 aliphatic carbocycles. The van der Waals surface area contributed by atoms with Crippen LogP contribution >= 0.6 is 0 Å². The van der Waals surface area contributed by atoms with Crippen molar-refractivity contribution in [1.29, 1.82) is 0 Å². The minimum atomic E-state index is -4.41. The summed E-state index contributed by atoms with van der Waals surface area (Å²) in [4.78, 5) is 10.3. The maximum Gasteiger partial charge on any atom is 0.416 e. The van der Waals surface area contributed by atoms with Gasteiger partial charge in [0.1, 0.15) is 0 Å². The Morgan fingerprint density at radius 2 is 2.06 bits per heavy atom. The number of carboxylic acid groups (broad SMARTS) is 1. The van der Waals surface area contributed by atoms with E-state index in [1.165, 1.54) is 19.1 Å². The number of nitrogens with one attached hydrogen (secondary N) is 1. The Bertz CT molecular complexity index is 452. The number of carbonyl (C=O) groups is 1. The molecule has 0 aliphatic heterocycles. The summed E-state index contributed by atoms with van der Waals surface area (Å²) in [6.07, 6.45) is -3.54. The first-order valence-corrected chi connectivity index (χ1v) is 4.64. The molecule has 0 atom stereocenters. The second-order valence-corrected chi connectivity index (χ2v) is 3.37. The monoisotopic (exact) mass is 245 g/mol. The van der Waals surface area contributed by atoms with Crippen molar-refractivity contribution in [2.45, 2.75) is 13.1 Å². The van der Waals surface area contributed by atoms with Gasteiger partial charge in [-0.1, -0.05) is 6.07 Å². The highest BCUT2D eigenvalue weighted by Gasteiger charge is 2.30. The number of halogens is 3. The molecular formula is C11H10F3NO2. The van der Waals surface area contributed by atoms with Gasteiger partial charge in [0.05, 0.1) is 5.56 Å². The van der Waals surface area contributed by atoms with Crippen LogP contribution in [-0.2, 0) is 11.0 Å². The van der Waals surface area contributed by atoms with Gasteiger partial charge in [-0.2, -0.15) is 13.2 Å². The normalized spacial score (nSPS) is 12.4. The van der Waals surface area contributed by atoms with Crippen molar-refractivity contribution in [1.82, 2.24) is 0 Å². The highest BCUT2D eigenvalue weighted by Crippen LogP contribution is 2.30. The van der Waals surface area contributed by atoms with Gasteiger partial charge in [0.15, 0.2) is 0 Å². The van der Waals surface area contributed by atoms with Crippen LogP contribution in [0.1, 0.15) is 12.5 Å². The van der Waals surface area contributed by atoms with Gasteiger partial charge >= 0.3 is 12.1 Å². The predicted molar refractivity (Wildman–Crippen MR) is 56.5 cm³/mol. The van der Waals surface area contributed by atoms with Crippen molar-refractivity contribution in [2.75, 3.05) is 5.32 Å². The summed E-state index contributed by atoms with van der Waals surface area (Å²) in [5.41, 5.74) is -0.350. The van der Waals surface area contributed by atoms with E-state index in [2.05, 4.69) is 5.32 Å². The molecular weight excluding hydrogens is 235 g/mol. The van der Waals surface area contributed by atoms with Crippen LogP contribution in [0.2, 0.25) is 0 Å². The lowest BCUT2D eigenvalue weighted by Crippen LogP contribution is -2.06. The van der Waals surface area contributed by atoms with Crippen molar-refractivity contribution in [3.05, 3.63) is 41.6 Å². The summed E-state index contributed by atoms with van der Waals surface area (Å²) < 4.78 is 37.1. The molecule has 0 bridgehead atoms. The van der Waals surface area contributed by atoms with E-state index in [9.17, 15) is 18.0 Å². The fraction of sp³-hybridized carbons (Fsp3) is 0.182. The fourth-order valence-electron chi connectivity index (χ4n) is 1.22. The molecule has 0 amide bonds. The van der Waals surface area contributed by atoms with Crippen LogP contribution in [-0.4, -0.2) is 11.1 Å². The molecule has 0 aliphatic rings. The molecule has 3 nitrogen and oxygen atoms in total. The Morgan fingerprint density at radius 3 is 2.59 bits per heavy atom. The molecule has 1 aromatic rings. The Hall–Kier alpha value is -1.98. The first kappa shape index (κ1) is 13.1. The molecule has 0 aromatic heterocycles. The van der Waals surface area contributed by atoms with E-state index < -0.39 is 17.7 Å². The van der Waals surface area contributed by atoms with Crippen LogP contribution in [0.3, 0.4) is 0 Å². The Morgan fingerprint density at radius 1 is 1.41 bits per heavy atom. The number of carboxylic acids is 1. The van der Waals surface area contributed by atoms with Crippen molar-refractivity contribution in [3.63, 3.8) is 0 Å². The van der Waals surface area contributed by atoms with E-state index >= 15 is 0 Å². The molecule has 6 heteroatoms. The van der Waals surface area contributed by atoms with Crippen molar-refractivity contribution < 1.29 is 23.1 Å². The van der Waals surface area contributed by atoms with E-state index in [1.54, 1.807) is 0 Å². The second kappa shape index (κ2) is 4.90. The van der Waals surface area contributed by atoms with Gasteiger partial charge in [-0.3, -0.25) is 0 Å². The van der Waals surface area contributed by atoms with Gasteiger partial charge in [-0.05, 0) is 25.1 Å². The maximum absolute atomic E-state index is 12.4. The predicted octanol–water partition coefficient (Wildman–Crippen LogP) is 3.11. The number of aliphatic carboxylic acids is 1.